The molecule has 0 radical (unpaired) electrons. The van der Waals surface area contributed by atoms with Crippen LogP contribution in [0.2, 0.25) is 0 Å². The van der Waals surface area contributed by atoms with E-state index in [9.17, 15) is 9.90 Å². The van der Waals surface area contributed by atoms with Crippen molar-refractivity contribution in [2.45, 2.75) is 52.7 Å². The number of carbonyl (C=O) groups is 1. The third-order valence-electron chi connectivity index (χ3n) is 3.90. The predicted octanol–water partition coefficient (Wildman–Crippen LogP) is 2.67. The lowest BCUT2D eigenvalue weighted by Crippen LogP contribution is -2.48. The van der Waals surface area contributed by atoms with E-state index >= 15 is 0 Å². The Balaban J connectivity index is 2.70. The Hall–Kier alpha value is -1.80. The Labute approximate surface area is 166 Å². The number of aliphatic imine (C=N–C) groups is 1. The number of thiophene rings is 1. The summed E-state index contributed by atoms with van der Waals surface area (Å²) in [5, 5.41) is 23.8. The zero-order valence-electron chi connectivity index (χ0n) is 17.0. The van der Waals surface area contributed by atoms with Crippen molar-refractivity contribution in [2.24, 2.45) is 10.9 Å². The van der Waals surface area contributed by atoms with Crippen molar-refractivity contribution in [3.05, 3.63) is 22.4 Å². The standard InChI is InChI=1S/C19H34N4O3S/c1-6-20-17(22-13-19(5,25)15-8-9-27-12-15)21-11-16(10-14(3)4)23-18(24)26-7-2/h8-9,12,14,16,25H,6-7,10-11,13H2,1-5H3,(H,23,24)(H2,20,21,22). The van der Waals surface area contributed by atoms with E-state index in [1.807, 2.05) is 23.8 Å². The summed E-state index contributed by atoms with van der Waals surface area (Å²) in [5.74, 6) is 1.03. The van der Waals surface area contributed by atoms with Crippen LogP contribution in [0.3, 0.4) is 0 Å². The summed E-state index contributed by atoms with van der Waals surface area (Å²) < 4.78 is 4.99. The van der Waals surface area contributed by atoms with Crippen molar-refractivity contribution in [2.75, 3.05) is 26.2 Å². The average Bonchev–Trinajstić information content (AvgIpc) is 3.12. The zero-order chi connectivity index (χ0) is 20.3. The van der Waals surface area contributed by atoms with Gasteiger partial charge in [-0.3, -0.25) is 0 Å². The van der Waals surface area contributed by atoms with Crippen LogP contribution in [0, 0.1) is 5.92 Å². The molecular weight excluding hydrogens is 364 g/mol. The van der Waals surface area contributed by atoms with E-state index in [1.54, 1.807) is 25.2 Å². The van der Waals surface area contributed by atoms with Crippen molar-refractivity contribution in [1.29, 1.82) is 0 Å². The minimum Gasteiger partial charge on any atom is -0.450 e. The lowest BCUT2D eigenvalue weighted by atomic mass is 10.00. The smallest absolute Gasteiger partial charge is 0.407 e. The van der Waals surface area contributed by atoms with Gasteiger partial charge in [-0.2, -0.15) is 11.3 Å². The van der Waals surface area contributed by atoms with Crippen molar-refractivity contribution >= 4 is 23.4 Å². The number of hydrogen-bond donors (Lipinski definition) is 4. The Morgan fingerprint density at radius 3 is 2.67 bits per heavy atom. The van der Waals surface area contributed by atoms with Gasteiger partial charge in [0.25, 0.3) is 0 Å². The van der Waals surface area contributed by atoms with E-state index in [1.165, 1.54) is 0 Å². The number of hydrogen-bond acceptors (Lipinski definition) is 5. The maximum absolute atomic E-state index is 11.8. The van der Waals surface area contributed by atoms with Crippen molar-refractivity contribution in [3.8, 4) is 0 Å². The number of rotatable bonds is 10. The SMILES string of the molecule is CCNC(=NCC(C)(O)c1ccsc1)NCC(CC(C)C)NC(=O)OCC. The van der Waals surface area contributed by atoms with Gasteiger partial charge in [0.1, 0.15) is 5.60 Å². The molecule has 1 rings (SSSR count). The number of guanidine groups is 1. The topological polar surface area (TPSA) is 95.0 Å². The number of ether oxygens (including phenoxy) is 1. The van der Waals surface area contributed by atoms with Crippen LogP contribution in [-0.4, -0.2) is 49.4 Å². The lowest BCUT2D eigenvalue weighted by molar-refractivity contribution is 0.0677. The maximum Gasteiger partial charge on any atom is 0.407 e. The molecule has 0 saturated heterocycles. The summed E-state index contributed by atoms with van der Waals surface area (Å²) in [4.78, 5) is 16.3. The van der Waals surface area contributed by atoms with Crippen LogP contribution >= 0.6 is 11.3 Å². The first kappa shape index (κ1) is 23.2. The molecule has 1 aromatic rings. The molecule has 0 spiro atoms. The Kier molecular flexibility index (Phi) is 10.2. The molecule has 0 saturated carbocycles. The first-order valence-corrected chi connectivity index (χ1v) is 10.4. The van der Waals surface area contributed by atoms with E-state index < -0.39 is 11.7 Å². The van der Waals surface area contributed by atoms with Gasteiger partial charge in [0, 0.05) is 19.1 Å². The van der Waals surface area contributed by atoms with E-state index in [4.69, 9.17) is 4.74 Å². The lowest BCUT2D eigenvalue weighted by Gasteiger charge is -2.23. The van der Waals surface area contributed by atoms with Gasteiger partial charge in [0.05, 0.1) is 13.2 Å². The van der Waals surface area contributed by atoms with E-state index in [2.05, 4.69) is 34.8 Å². The summed E-state index contributed by atoms with van der Waals surface area (Å²) in [5.41, 5.74) is -0.170. The molecule has 2 atom stereocenters. The van der Waals surface area contributed by atoms with Gasteiger partial charge in [-0.25, -0.2) is 9.79 Å². The highest BCUT2D eigenvalue weighted by Crippen LogP contribution is 2.23. The molecule has 1 heterocycles. The second kappa shape index (κ2) is 11.8. The molecule has 0 bridgehead atoms. The van der Waals surface area contributed by atoms with E-state index in [0.29, 0.717) is 31.6 Å². The predicted molar refractivity (Wildman–Crippen MR) is 111 cm³/mol. The molecule has 154 valence electrons. The van der Waals surface area contributed by atoms with E-state index in [0.717, 1.165) is 12.0 Å². The fraction of sp³-hybridized carbons (Fsp3) is 0.684. The normalized spacial score (nSPS) is 15.1. The molecule has 1 aromatic heterocycles. The summed E-state index contributed by atoms with van der Waals surface area (Å²) in [7, 11) is 0. The number of nitrogens with zero attached hydrogens (tertiary/aromatic N) is 1. The first-order chi connectivity index (χ1) is 12.8. The minimum atomic E-state index is -1.02. The number of alkyl carbamates (subject to hydrolysis) is 1. The van der Waals surface area contributed by atoms with Crippen LogP contribution in [-0.2, 0) is 10.3 Å². The molecule has 0 aliphatic heterocycles. The Morgan fingerprint density at radius 1 is 1.37 bits per heavy atom. The molecule has 8 heteroatoms. The average molecular weight is 399 g/mol. The third kappa shape index (κ3) is 9.10. The molecule has 27 heavy (non-hydrogen) atoms. The maximum atomic E-state index is 11.8. The molecular formula is C19H34N4O3S. The van der Waals surface area contributed by atoms with Crippen LogP contribution in [0.15, 0.2) is 21.8 Å². The van der Waals surface area contributed by atoms with Gasteiger partial charge < -0.3 is 25.8 Å². The number of aliphatic hydroxyl groups is 1. The zero-order valence-corrected chi connectivity index (χ0v) is 17.9. The monoisotopic (exact) mass is 398 g/mol. The molecule has 0 aromatic carbocycles. The number of carbonyl (C=O) groups excluding carboxylic acids is 1. The van der Waals surface area contributed by atoms with Crippen molar-refractivity contribution in [3.63, 3.8) is 0 Å². The van der Waals surface area contributed by atoms with Gasteiger partial charge in [0.2, 0.25) is 0 Å². The van der Waals surface area contributed by atoms with Crippen molar-refractivity contribution in [1.82, 2.24) is 16.0 Å². The second-order valence-electron chi connectivity index (χ2n) is 7.05. The minimum absolute atomic E-state index is 0.0784. The highest BCUT2D eigenvalue weighted by atomic mass is 32.1. The van der Waals surface area contributed by atoms with Crippen LogP contribution < -0.4 is 16.0 Å². The summed E-state index contributed by atoms with van der Waals surface area (Å²) in [6, 6.07) is 1.83. The molecule has 2 unspecified atom stereocenters. The van der Waals surface area contributed by atoms with E-state index in [-0.39, 0.29) is 12.6 Å². The highest BCUT2D eigenvalue weighted by molar-refractivity contribution is 7.08. The van der Waals surface area contributed by atoms with Gasteiger partial charge in [-0.1, -0.05) is 13.8 Å². The van der Waals surface area contributed by atoms with Crippen LogP contribution in [0.25, 0.3) is 0 Å². The molecule has 7 nitrogen and oxygen atoms in total. The summed E-state index contributed by atoms with van der Waals surface area (Å²) >= 11 is 1.55. The quantitative estimate of drug-likeness (QED) is 0.359. The van der Waals surface area contributed by atoms with Gasteiger partial charge in [0.15, 0.2) is 5.96 Å². The first-order valence-electron chi connectivity index (χ1n) is 9.49. The Bertz CT molecular complexity index is 574. The fourth-order valence-corrected chi connectivity index (χ4v) is 3.34. The highest BCUT2D eigenvalue weighted by Gasteiger charge is 2.23. The van der Waals surface area contributed by atoms with Gasteiger partial charge in [-0.05, 0) is 55.5 Å². The Morgan fingerprint density at radius 2 is 2.11 bits per heavy atom. The van der Waals surface area contributed by atoms with Gasteiger partial charge >= 0.3 is 6.09 Å². The van der Waals surface area contributed by atoms with Crippen molar-refractivity contribution < 1.29 is 14.6 Å². The number of nitrogens with one attached hydrogen (secondary N) is 3. The molecule has 0 aliphatic carbocycles. The van der Waals surface area contributed by atoms with Crippen LogP contribution in [0.4, 0.5) is 4.79 Å². The molecule has 4 N–H and O–H groups in total. The second-order valence-corrected chi connectivity index (χ2v) is 7.83. The third-order valence-corrected chi connectivity index (χ3v) is 4.58. The van der Waals surface area contributed by atoms with Crippen LogP contribution in [0.5, 0.6) is 0 Å². The summed E-state index contributed by atoms with van der Waals surface area (Å²) in [6.45, 7) is 11.5. The number of amides is 1. The summed E-state index contributed by atoms with van der Waals surface area (Å²) in [6.07, 6.45) is 0.407. The molecule has 1 amide bonds. The largest absolute Gasteiger partial charge is 0.450 e. The molecule has 0 aliphatic rings. The fourth-order valence-electron chi connectivity index (χ4n) is 2.56. The molecule has 0 fully saturated rings. The van der Waals surface area contributed by atoms with Gasteiger partial charge in [-0.15, -0.1) is 0 Å². The van der Waals surface area contributed by atoms with Crippen LogP contribution in [0.1, 0.15) is 46.6 Å².